The zero-order valence-corrected chi connectivity index (χ0v) is 11.1. The van der Waals surface area contributed by atoms with Crippen LogP contribution in [0.15, 0.2) is 34.9 Å². The molecular weight excluding hydrogens is 323 g/mol. The van der Waals surface area contributed by atoms with Crippen LogP contribution in [0.5, 0.6) is 0 Å². The molecule has 0 radical (unpaired) electrons. The number of anilines is 2. The third-order valence-electron chi connectivity index (χ3n) is 1.99. The number of hydrogen-bond acceptors (Lipinski definition) is 5. The van der Waals surface area contributed by atoms with E-state index in [9.17, 15) is 10.1 Å². The van der Waals surface area contributed by atoms with Crippen molar-refractivity contribution in [1.82, 2.24) is 9.97 Å². The van der Waals surface area contributed by atoms with Crippen LogP contribution in [0, 0.1) is 10.1 Å². The number of nitrogens with one attached hydrogen (secondary N) is 1. The molecule has 0 atom stereocenters. The molecule has 0 fully saturated rings. The van der Waals surface area contributed by atoms with Crippen LogP contribution in [0.1, 0.15) is 0 Å². The fraction of sp³-hybridized carbons (Fsp3) is 0. The molecule has 18 heavy (non-hydrogen) atoms. The Morgan fingerprint density at radius 1 is 1.44 bits per heavy atom. The van der Waals surface area contributed by atoms with Crippen molar-refractivity contribution in [3.63, 3.8) is 0 Å². The van der Waals surface area contributed by atoms with Gasteiger partial charge in [-0.15, -0.1) is 0 Å². The van der Waals surface area contributed by atoms with Crippen molar-refractivity contribution in [3.05, 3.63) is 50.2 Å². The van der Waals surface area contributed by atoms with Crippen molar-refractivity contribution in [2.45, 2.75) is 0 Å². The molecule has 2 aromatic rings. The van der Waals surface area contributed by atoms with E-state index in [-0.39, 0.29) is 11.5 Å². The predicted molar refractivity (Wildman–Crippen MR) is 71.1 cm³/mol. The number of hydrogen-bond donors (Lipinski definition) is 1. The van der Waals surface area contributed by atoms with E-state index in [1.807, 2.05) is 0 Å². The second-order valence-corrected chi connectivity index (χ2v) is 4.55. The Kier molecular flexibility index (Phi) is 3.73. The van der Waals surface area contributed by atoms with Crippen LogP contribution in [-0.2, 0) is 0 Å². The number of pyridine rings is 2. The van der Waals surface area contributed by atoms with Gasteiger partial charge in [0.15, 0.2) is 0 Å². The fourth-order valence-electron chi connectivity index (χ4n) is 1.26. The summed E-state index contributed by atoms with van der Waals surface area (Å²) in [7, 11) is 0. The topological polar surface area (TPSA) is 81.0 Å². The molecule has 0 aliphatic heterocycles. The molecule has 0 aliphatic rings. The highest BCUT2D eigenvalue weighted by atomic mass is 79.9. The van der Waals surface area contributed by atoms with Gasteiger partial charge in [-0.3, -0.25) is 10.1 Å². The van der Waals surface area contributed by atoms with E-state index < -0.39 is 4.92 Å². The molecule has 0 saturated carbocycles. The lowest BCUT2D eigenvalue weighted by atomic mass is 10.4. The Hall–Kier alpha value is -1.73. The van der Waals surface area contributed by atoms with E-state index in [0.717, 1.165) is 0 Å². The van der Waals surface area contributed by atoms with Crippen LogP contribution in [-0.4, -0.2) is 14.9 Å². The van der Waals surface area contributed by atoms with Gasteiger partial charge in [-0.2, -0.15) is 0 Å². The molecule has 6 nitrogen and oxygen atoms in total. The number of rotatable bonds is 3. The highest BCUT2D eigenvalue weighted by Crippen LogP contribution is 2.27. The van der Waals surface area contributed by atoms with Gasteiger partial charge >= 0.3 is 5.69 Å². The van der Waals surface area contributed by atoms with Gasteiger partial charge in [0.2, 0.25) is 5.82 Å². The van der Waals surface area contributed by atoms with E-state index in [0.29, 0.717) is 15.4 Å². The summed E-state index contributed by atoms with van der Waals surface area (Å²) in [5.41, 5.74) is -0.147. The molecular formula is C10H6BrClN4O2. The normalized spacial score (nSPS) is 10.1. The summed E-state index contributed by atoms with van der Waals surface area (Å²) in [5.74, 6) is 0.499. The summed E-state index contributed by atoms with van der Waals surface area (Å²) in [5, 5.41) is 13.9. The van der Waals surface area contributed by atoms with Crippen molar-refractivity contribution in [2.75, 3.05) is 5.32 Å². The molecule has 92 valence electrons. The summed E-state index contributed by atoms with van der Waals surface area (Å²) in [6.45, 7) is 0. The molecule has 0 unspecified atom stereocenters. The lowest BCUT2D eigenvalue weighted by molar-refractivity contribution is -0.384. The van der Waals surface area contributed by atoms with E-state index in [2.05, 4.69) is 31.2 Å². The third kappa shape index (κ3) is 2.93. The summed E-state index contributed by atoms with van der Waals surface area (Å²) in [4.78, 5) is 18.3. The van der Waals surface area contributed by atoms with Gasteiger partial charge in [0, 0.05) is 16.7 Å². The van der Waals surface area contributed by atoms with Gasteiger partial charge in [0.05, 0.1) is 4.92 Å². The zero-order valence-electron chi connectivity index (χ0n) is 8.80. The maximum absolute atomic E-state index is 10.9. The van der Waals surface area contributed by atoms with E-state index in [1.165, 1.54) is 12.3 Å². The van der Waals surface area contributed by atoms with Crippen molar-refractivity contribution in [2.24, 2.45) is 0 Å². The molecule has 2 rings (SSSR count). The number of nitro groups is 1. The quantitative estimate of drug-likeness (QED) is 0.529. The zero-order chi connectivity index (χ0) is 13.1. The van der Waals surface area contributed by atoms with E-state index in [4.69, 9.17) is 11.6 Å². The minimum Gasteiger partial charge on any atom is -0.319 e. The molecule has 1 N–H and O–H groups in total. The lowest BCUT2D eigenvalue weighted by Gasteiger charge is -2.05. The lowest BCUT2D eigenvalue weighted by Crippen LogP contribution is -2.00. The van der Waals surface area contributed by atoms with Gasteiger partial charge in [-0.1, -0.05) is 17.7 Å². The average Bonchev–Trinajstić information content (AvgIpc) is 2.31. The van der Waals surface area contributed by atoms with Gasteiger partial charge in [-0.05, 0) is 28.1 Å². The van der Waals surface area contributed by atoms with Crippen LogP contribution in [0.4, 0.5) is 17.3 Å². The number of halogens is 2. The van der Waals surface area contributed by atoms with Crippen molar-refractivity contribution in [3.8, 4) is 0 Å². The predicted octanol–water partition coefficient (Wildman–Crippen LogP) is 3.54. The molecule has 8 heteroatoms. The Labute approximate surface area is 115 Å². The van der Waals surface area contributed by atoms with E-state index >= 15 is 0 Å². The smallest absolute Gasteiger partial charge is 0.312 e. The minimum atomic E-state index is -0.523. The summed E-state index contributed by atoms with van der Waals surface area (Å²) >= 11 is 8.86. The molecule has 0 spiro atoms. The highest BCUT2D eigenvalue weighted by molar-refractivity contribution is 9.10. The first-order chi connectivity index (χ1) is 8.56. The van der Waals surface area contributed by atoms with Crippen molar-refractivity contribution >= 4 is 44.9 Å². The maximum atomic E-state index is 10.9. The largest absolute Gasteiger partial charge is 0.319 e. The molecule has 2 aromatic heterocycles. The standard InChI is InChI=1S/C10H6BrClN4O2/c11-6-4-7(16(17)18)10(13-5-6)15-9-3-1-2-8(12)14-9/h1-5H,(H,13,14,15). The van der Waals surface area contributed by atoms with Crippen LogP contribution in [0.25, 0.3) is 0 Å². The van der Waals surface area contributed by atoms with Gasteiger partial charge < -0.3 is 5.32 Å². The Morgan fingerprint density at radius 2 is 2.22 bits per heavy atom. The first kappa shape index (κ1) is 12.7. The molecule has 0 amide bonds. The molecule has 0 saturated heterocycles. The highest BCUT2D eigenvalue weighted by Gasteiger charge is 2.16. The van der Waals surface area contributed by atoms with Crippen LogP contribution in [0.3, 0.4) is 0 Å². The van der Waals surface area contributed by atoms with Gasteiger partial charge in [0.25, 0.3) is 0 Å². The monoisotopic (exact) mass is 328 g/mol. The first-order valence-corrected chi connectivity index (χ1v) is 5.93. The van der Waals surface area contributed by atoms with Crippen LogP contribution in [0.2, 0.25) is 5.15 Å². The van der Waals surface area contributed by atoms with Crippen LogP contribution < -0.4 is 5.32 Å². The molecule has 2 heterocycles. The van der Waals surface area contributed by atoms with E-state index in [1.54, 1.807) is 18.2 Å². The summed E-state index contributed by atoms with van der Waals surface area (Å²) in [6, 6.07) is 6.29. The second kappa shape index (κ2) is 5.28. The number of aromatic nitrogens is 2. The average molecular weight is 330 g/mol. The minimum absolute atomic E-state index is 0.109. The Balaban J connectivity index is 2.37. The molecule has 0 aromatic carbocycles. The molecule has 0 aliphatic carbocycles. The fourth-order valence-corrected chi connectivity index (χ4v) is 1.75. The summed E-state index contributed by atoms with van der Waals surface area (Å²) < 4.78 is 0.527. The summed E-state index contributed by atoms with van der Waals surface area (Å²) in [6.07, 6.45) is 1.46. The SMILES string of the molecule is O=[N+]([O-])c1cc(Br)cnc1Nc1cccc(Cl)n1. The maximum Gasteiger partial charge on any atom is 0.312 e. The first-order valence-electron chi connectivity index (χ1n) is 4.76. The van der Waals surface area contributed by atoms with Crippen LogP contribution >= 0.6 is 27.5 Å². The van der Waals surface area contributed by atoms with Gasteiger partial charge in [0.1, 0.15) is 11.0 Å². The van der Waals surface area contributed by atoms with Crippen molar-refractivity contribution < 1.29 is 4.92 Å². The van der Waals surface area contributed by atoms with Gasteiger partial charge in [-0.25, -0.2) is 9.97 Å². The Morgan fingerprint density at radius 3 is 2.89 bits per heavy atom. The molecule has 0 bridgehead atoms. The third-order valence-corrected chi connectivity index (χ3v) is 2.64. The van der Waals surface area contributed by atoms with Crippen molar-refractivity contribution in [1.29, 1.82) is 0 Å². The number of nitrogens with zero attached hydrogens (tertiary/aromatic N) is 3. The second-order valence-electron chi connectivity index (χ2n) is 3.25. The Bertz CT molecular complexity index is 608.